The van der Waals surface area contributed by atoms with Gasteiger partial charge in [0, 0.05) is 11.1 Å². The van der Waals surface area contributed by atoms with E-state index in [-0.39, 0.29) is 11.5 Å². The minimum absolute atomic E-state index is 0.0677. The second-order valence-corrected chi connectivity index (χ2v) is 4.13. The number of benzene rings is 2. The van der Waals surface area contributed by atoms with Crippen LogP contribution in [0.4, 0.5) is 0 Å². The van der Waals surface area contributed by atoms with E-state index in [1.54, 1.807) is 42.5 Å². The van der Waals surface area contributed by atoms with Crippen molar-refractivity contribution in [3.05, 3.63) is 65.7 Å². The maximum atomic E-state index is 11.1. The average Bonchev–Trinajstić information content (AvgIpc) is 2.43. The topological polar surface area (TPSA) is 57.5 Å². The summed E-state index contributed by atoms with van der Waals surface area (Å²) < 4.78 is 0. The van der Waals surface area contributed by atoms with Crippen LogP contribution >= 0.6 is 0 Å². The average molecular weight is 254 g/mol. The summed E-state index contributed by atoms with van der Waals surface area (Å²) in [6.07, 6.45) is 2.82. The molecule has 19 heavy (non-hydrogen) atoms. The number of phenols is 2. The number of hydrogen-bond acceptors (Lipinski definition) is 3. The van der Waals surface area contributed by atoms with Crippen LogP contribution in [0.1, 0.15) is 11.1 Å². The molecular formula is C16H14O3. The zero-order valence-corrected chi connectivity index (χ0v) is 10.3. The maximum absolute atomic E-state index is 11.1. The van der Waals surface area contributed by atoms with Gasteiger partial charge >= 0.3 is 0 Å². The first-order chi connectivity index (χ1) is 9.22. The quantitative estimate of drug-likeness (QED) is 0.651. The Hall–Kier alpha value is -2.55. The first-order valence-corrected chi connectivity index (χ1v) is 5.93. The van der Waals surface area contributed by atoms with E-state index < -0.39 is 0 Å². The summed E-state index contributed by atoms with van der Waals surface area (Å²) in [7, 11) is 0. The molecule has 0 aliphatic rings. The Bertz CT molecular complexity index is 615. The van der Waals surface area contributed by atoms with Crippen molar-refractivity contribution in [1.82, 2.24) is 0 Å². The molecule has 0 unspecified atom stereocenters. The van der Waals surface area contributed by atoms with E-state index in [2.05, 4.69) is 0 Å². The largest absolute Gasteiger partial charge is 0.508 e. The molecule has 0 atom stereocenters. The van der Waals surface area contributed by atoms with Gasteiger partial charge in [-0.2, -0.15) is 0 Å². The predicted octanol–water partition coefficient (Wildman–Crippen LogP) is 2.92. The van der Waals surface area contributed by atoms with Crippen molar-refractivity contribution < 1.29 is 15.0 Å². The van der Waals surface area contributed by atoms with Crippen molar-refractivity contribution >= 4 is 11.9 Å². The molecule has 2 rings (SSSR count). The molecule has 0 fully saturated rings. The normalized spacial score (nSPS) is 11.3. The highest BCUT2D eigenvalue weighted by Gasteiger charge is 2.06. The molecule has 2 aromatic carbocycles. The Balaban J connectivity index is 2.29. The minimum atomic E-state index is 0.0677. The number of carbonyl (C=O) groups excluding carboxylic acids is 1. The minimum Gasteiger partial charge on any atom is -0.508 e. The van der Waals surface area contributed by atoms with Crippen molar-refractivity contribution in [3.8, 4) is 11.5 Å². The van der Waals surface area contributed by atoms with Gasteiger partial charge in [-0.05, 0) is 24.1 Å². The molecule has 0 aliphatic carbocycles. The zero-order valence-electron chi connectivity index (χ0n) is 10.3. The maximum Gasteiger partial charge on any atom is 0.150 e. The van der Waals surface area contributed by atoms with Crippen LogP contribution in [0, 0.1) is 0 Å². The summed E-state index contributed by atoms with van der Waals surface area (Å²) in [5.74, 6) is 0.263. The Morgan fingerprint density at radius 3 is 2.21 bits per heavy atom. The lowest BCUT2D eigenvalue weighted by atomic mass is 10.0. The van der Waals surface area contributed by atoms with Crippen molar-refractivity contribution in [2.75, 3.05) is 0 Å². The van der Waals surface area contributed by atoms with Gasteiger partial charge in [0.05, 0.1) is 0 Å². The van der Waals surface area contributed by atoms with Gasteiger partial charge in [0.25, 0.3) is 0 Å². The summed E-state index contributed by atoms with van der Waals surface area (Å²) >= 11 is 0. The third-order valence-corrected chi connectivity index (χ3v) is 2.88. The first-order valence-electron chi connectivity index (χ1n) is 5.93. The van der Waals surface area contributed by atoms with Crippen molar-refractivity contribution in [2.24, 2.45) is 0 Å². The number of phenolic OH excluding ortho intramolecular Hbond substituents is 2. The van der Waals surface area contributed by atoms with E-state index in [0.29, 0.717) is 23.8 Å². The fourth-order valence-corrected chi connectivity index (χ4v) is 1.84. The van der Waals surface area contributed by atoms with E-state index in [0.717, 1.165) is 5.56 Å². The smallest absolute Gasteiger partial charge is 0.150 e. The Morgan fingerprint density at radius 2 is 1.58 bits per heavy atom. The third-order valence-electron chi connectivity index (χ3n) is 2.88. The number of aldehydes is 1. The standard InChI is InChI=1S/C16H14O3/c17-11-13(14-6-2-4-8-16(14)19)10-9-12-5-1-3-7-15(12)18/h1-8,10-11,18-19H,9H2. The summed E-state index contributed by atoms with van der Waals surface area (Å²) in [5.41, 5.74) is 1.63. The van der Waals surface area contributed by atoms with Crippen LogP contribution in [-0.2, 0) is 11.2 Å². The van der Waals surface area contributed by atoms with Gasteiger partial charge < -0.3 is 10.2 Å². The van der Waals surface area contributed by atoms with Crippen LogP contribution in [0.5, 0.6) is 11.5 Å². The number of aromatic hydroxyl groups is 2. The highest BCUT2D eigenvalue weighted by atomic mass is 16.3. The summed E-state index contributed by atoms with van der Waals surface area (Å²) in [5, 5.41) is 19.4. The lowest BCUT2D eigenvalue weighted by Gasteiger charge is -2.04. The molecule has 3 nitrogen and oxygen atoms in total. The highest BCUT2D eigenvalue weighted by molar-refractivity contribution is 6.08. The van der Waals surface area contributed by atoms with Crippen LogP contribution < -0.4 is 0 Å². The third kappa shape index (κ3) is 3.01. The molecule has 0 aliphatic heterocycles. The molecule has 0 saturated carbocycles. The Morgan fingerprint density at radius 1 is 0.947 bits per heavy atom. The molecule has 0 radical (unpaired) electrons. The Kier molecular flexibility index (Phi) is 3.98. The molecule has 0 aromatic heterocycles. The van der Waals surface area contributed by atoms with Crippen molar-refractivity contribution in [1.29, 1.82) is 0 Å². The summed E-state index contributed by atoms with van der Waals surface area (Å²) in [6, 6.07) is 13.6. The summed E-state index contributed by atoms with van der Waals surface area (Å²) in [4.78, 5) is 11.1. The second-order valence-electron chi connectivity index (χ2n) is 4.13. The number of hydrogen-bond donors (Lipinski definition) is 2. The van der Waals surface area contributed by atoms with E-state index in [1.807, 2.05) is 6.07 Å². The number of carbonyl (C=O) groups is 1. The molecule has 0 amide bonds. The van der Waals surface area contributed by atoms with Crippen LogP contribution in [0.25, 0.3) is 5.57 Å². The fraction of sp³-hybridized carbons (Fsp3) is 0.0625. The predicted molar refractivity (Wildman–Crippen MR) is 74.0 cm³/mol. The highest BCUT2D eigenvalue weighted by Crippen LogP contribution is 2.24. The second kappa shape index (κ2) is 5.87. The SMILES string of the molecule is O=CC(=CCc1ccccc1O)c1ccccc1O. The van der Waals surface area contributed by atoms with Gasteiger partial charge in [0.15, 0.2) is 0 Å². The van der Waals surface area contributed by atoms with E-state index in [1.165, 1.54) is 6.07 Å². The number of allylic oxidation sites excluding steroid dienone is 2. The van der Waals surface area contributed by atoms with E-state index in [4.69, 9.17) is 0 Å². The Labute approximate surface area is 111 Å². The van der Waals surface area contributed by atoms with Gasteiger partial charge in [-0.1, -0.05) is 42.5 Å². The summed E-state index contributed by atoms with van der Waals surface area (Å²) in [6.45, 7) is 0. The van der Waals surface area contributed by atoms with Crippen molar-refractivity contribution in [2.45, 2.75) is 6.42 Å². The molecule has 0 saturated heterocycles. The molecule has 0 spiro atoms. The molecule has 96 valence electrons. The van der Waals surface area contributed by atoms with Gasteiger partial charge in [-0.3, -0.25) is 4.79 Å². The molecule has 2 N–H and O–H groups in total. The van der Waals surface area contributed by atoms with E-state index in [9.17, 15) is 15.0 Å². The van der Waals surface area contributed by atoms with Crippen LogP contribution in [0.2, 0.25) is 0 Å². The lowest BCUT2D eigenvalue weighted by Crippen LogP contribution is -1.89. The van der Waals surface area contributed by atoms with Crippen LogP contribution in [-0.4, -0.2) is 16.5 Å². The van der Waals surface area contributed by atoms with Gasteiger partial charge in [0.2, 0.25) is 0 Å². The fourth-order valence-electron chi connectivity index (χ4n) is 1.84. The van der Waals surface area contributed by atoms with Crippen LogP contribution in [0.3, 0.4) is 0 Å². The molecule has 0 heterocycles. The van der Waals surface area contributed by atoms with Gasteiger partial charge in [-0.25, -0.2) is 0 Å². The van der Waals surface area contributed by atoms with Crippen LogP contribution in [0.15, 0.2) is 54.6 Å². The molecular weight excluding hydrogens is 240 g/mol. The van der Waals surface area contributed by atoms with E-state index >= 15 is 0 Å². The lowest BCUT2D eigenvalue weighted by molar-refractivity contribution is -0.103. The monoisotopic (exact) mass is 254 g/mol. The van der Waals surface area contributed by atoms with Gasteiger partial charge in [-0.15, -0.1) is 0 Å². The first kappa shape index (κ1) is 12.9. The molecule has 2 aromatic rings. The zero-order chi connectivity index (χ0) is 13.7. The molecule has 3 heteroatoms. The number of rotatable bonds is 4. The van der Waals surface area contributed by atoms with Gasteiger partial charge in [0.1, 0.15) is 17.8 Å². The van der Waals surface area contributed by atoms with Crippen molar-refractivity contribution in [3.63, 3.8) is 0 Å². The number of para-hydroxylation sites is 2. The molecule has 0 bridgehead atoms.